The summed E-state index contributed by atoms with van der Waals surface area (Å²) in [4.78, 5) is 12.0. The average molecular weight is 414 g/mol. The Labute approximate surface area is 177 Å². The molecule has 1 atom stereocenters. The van der Waals surface area contributed by atoms with Crippen LogP contribution in [0, 0.1) is 0 Å². The van der Waals surface area contributed by atoms with Crippen molar-refractivity contribution in [2.45, 2.75) is 38.4 Å². The molecule has 2 N–H and O–H groups in total. The number of nitrogens with zero attached hydrogens (tertiary/aromatic N) is 3. The number of anilines is 1. The largest absolute Gasteiger partial charge is 0.496 e. The SMILES string of the molecule is CNCc1cc(NC)nc([C@@H]2CCCN2Cc2cc3c(cc2OC)OCCCO3)n1. The molecule has 8 heteroatoms. The zero-order valence-corrected chi connectivity index (χ0v) is 18.0. The molecule has 162 valence electrons. The number of rotatable bonds is 7. The summed E-state index contributed by atoms with van der Waals surface area (Å²) in [5, 5.41) is 6.34. The number of benzene rings is 1. The minimum Gasteiger partial charge on any atom is -0.496 e. The molecule has 2 aliphatic rings. The van der Waals surface area contributed by atoms with Crippen LogP contribution in [0.4, 0.5) is 5.82 Å². The van der Waals surface area contributed by atoms with E-state index in [1.54, 1.807) is 7.11 Å². The van der Waals surface area contributed by atoms with E-state index in [4.69, 9.17) is 24.2 Å². The summed E-state index contributed by atoms with van der Waals surface area (Å²) < 4.78 is 17.4. The number of hydrogen-bond donors (Lipinski definition) is 2. The molecule has 0 amide bonds. The van der Waals surface area contributed by atoms with Crippen molar-refractivity contribution in [1.82, 2.24) is 20.2 Å². The summed E-state index contributed by atoms with van der Waals surface area (Å²) in [6, 6.07) is 6.18. The molecular weight excluding hydrogens is 382 g/mol. The molecule has 1 aromatic carbocycles. The number of ether oxygens (including phenoxy) is 3. The third-order valence-corrected chi connectivity index (χ3v) is 5.60. The van der Waals surface area contributed by atoms with Gasteiger partial charge in [-0.15, -0.1) is 0 Å². The van der Waals surface area contributed by atoms with Crippen LogP contribution in [0.5, 0.6) is 17.2 Å². The molecule has 1 aromatic heterocycles. The highest BCUT2D eigenvalue weighted by Crippen LogP contribution is 2.39. The second-order valence-electron chi connectivity index (χ2n) is 7.67. The summed E-state index contributed by atoms with van der Waals surface area (Å²) >= 11 is 0. The molecule has 2 aliphatic heterocycles. The Morgan fingerprint density at radius 1 is 1.10 bits per heavy atom. The zero-order valence-electron chi connectivity index (χ0n) is 18.0. The molecule has 4 rings (SSSR count). The van der Waals surface area contributed by atoms with E-state index < -0.39 is 0 Å². The van der Waals surface area contributed by atoms with Crippen LogP contribution in [0.3, 0.4) is 0 Å². The van der Waals surface area contributed by atoms with E-state index in [2.05, 4.69) is 21.6 Å². The molecule has 30 heavy (non-hydrogen) atoms. The van der Waals surface area contributed by atoms with Crippen molar-refractivity contribution in [3.05, 3.63) is 35.3 Å². The van der Waals surface area contributed by atoms with Crippen molar-refractivity contribution in [3.8, 4) is 17.2 Å². The third-order valence-electron chi connectivity index (χ3n) is 5.60. The molecule has 1 saturated heterocycles. The van der Waals surface area contributed by atoms with Gasteiger partial charge in [0.2, 0.25) is 0 Å². The lowest BCUT2D eigenvalue weighted by atomic mass is 10.1. The first-order valence-corrected chi connectivity index (χ1v) is 10.6. The van der Waals surface area contributed by atoms with Gasteiger partial charge in [0.1, 0.15) is 17.4 Å². The minimum atomic E-state index is 0.176. The van der Waals surface area contributed by atoms with E-state index >= 15 is 0 Å². The Morgan fingerprint density at radius 2 is 1.90 bits per heavy atom. The Kier molecular flexibility index (Phi) is 6.54. The van der Waals surface area contributed by atoms with Gasteiger partial charge in [0.25, 0.3) is 0 Å². The predicted molar refractivity (Wildman–Crippen MR) is 115 cm³/mol. The van der Waals surface area contributed by atoms with Gasteiger partial charge >= 0.3 is 0 Å². The quantitative estimate of drug-likeness (QED) is 0.717. The van der Waals surface area contributed by atoms with Gasteiger partial charge in [-0.2, -0.15) is 0 Å². The van der Waals surface area contributed by atoms with E-state index in [-0.39, 0.29) is 6.04 Å². The number of aromatic nitrogens is 2. The highest BCUT2D eigenvalue weighted by atomic mass is 16.5. The third kappa shape index (κ3) is 4.44. The fourth-order valence-corrected chi connectivity index (χ4v) is 4.14. The maximum absolute atomic E-state index is 5.90. The molecule has 3 heterocycles. The Balaban J connectivity index is 1.60. The normalized spacial score (nSPS) is 18.8. The van der Waals surface area contributed by atoms with Crippen molar-refractivity contribution < 1.29 is 14.2 Å². The standard InChI is InChI=1S/C22H31N5O3/c1-23-13-16-11-21(24-2)26-22(25-16)17-6-4-7-27(17)14-15-10-19-20(12-18(15)28-3)30-9-5-8-29-19/h10-12,17,23H,4-9,13-14H2,1-3H3,(H,24,25,26)/t17-/m0/s1. The zero-order chi connectivity index (χ0) is 20.9. The molecule has 1 fully saturated rings. The molecule has 0 aliphatic carbocycles. The first-order valence-electron chi connectivity index (χ1n) is 10.6. The predicted octanol–water partition coefficient (Wildman–Crippen LogP) is 2.74. The van der Waals surface area contributed by atoms with Crippen LogP contribution in [0.2, 0.25) is 0 Å². The number of nitrogens with one attached hydrogen (secondary N) is 2. The maximum atomic E-state index is 5.90. The highest BCUT2D eigenvalue weighted by Gasteiger charge is 2.30. The van der Waals surface area contributed by atoms with Crippen LogP contribution in [-0.2, 0) is 13.1 Å². The lowest BCUT2D eigenvalue weighted by Crippen LogP contribution is -2.25. The maximum Gasteiger partial charge on any atom is 0.164 e. The molecular formula is C22H31N5O3. The van der Waals surface area contributed by atoms with Gasteiger partial charge in [-0.3, -0.25) is 4.90 Å². The summed E-state index contributed by atoms with van der Waals surface area (Å²) in [5.41, 5.74) is 2.08. The smallest absolute Gasteiger partial charge is 0.164 e. The second kappa shape index (κ2) is 9.49. The highest BCUT2D eigenvalue weighted by molar-refractivity contribution is 5.51. The van der Waals surface area contributed by atoms with E-state index in [1.807, 2.05) is 26.2 Å². The Hall–Kier alpha value is -2.58. The molecule has 0 radical (unpaired) electrons. The Bertz CT molecular complexity index is 876. The van der Waals surface area contributed by atoms with Crippen LogP contribution < -0.4 is 24.8 Å². The van der Waals surface area contributed by atoms with Crippen LogP contribution in [-0.4, -0.2) is 55.8 Å². The summed E-state index contributed by atoms with van der Waals surface area (Å²) in [7, 11) is 5.52. The van der Waals surface area contributed by atoms with Gasteiger partial charge in [0.05, 0.1) is 32.1 Å². The summed E-state index contributed by atoms with van der Waals surface area (Å²) in [5.74, 6) is 4.10. The first kappa shape index (κ1) is 20.7. The van der Waals surface area contributed by atoms with Gasteiger partial charge in [-0.05, 0) is 32.5 Å². The first-order chi connectivity index (χ1) is 14.7. The molecule has 8 nitrogen and oxygen atoms in total. The molecule has 0 bridgehead atoms. The van der Waals surface area contributed by atoms with Crippen LogP contribution in [0.1, 0.15) is 42.4 Å². The number of fused-ring (bicyclic) bond motifs is 1. The minimum absolute atomic E-state index is 0.176. The van der Waals surface area contributed by atoms with Crippen molar-refractivity contribution in [2.75, 3.05) is 46.3 Å². The van der Waals surface area contributed by atoms with Crippen LogP contribution in [0.15, 0.2) is 18.2 Å². The van der Waals surface area contributed by atoms with Crippen LogP contribution >= 0.6 is 0 Å². The number of likely N-dealkylation sites (tertiary alicyclic amines) is 1. The average Bonchev–Trinajstić information content (AvgIpc) is 3.10. The van der Waals surface area contributed by atoms with Gasteiger partial charge < -0.3 is 24.8 Å². The number of methoxy groups -OCH3 is 1. The van der Waals surface area contributed by atoms with E-state index in [0.29, 0.717) is 19.8 Å². The van der Waals surface area contributed by atoms with Crippen molar-refractivity contribution >= 4 is 5.82 Å². The van der Waals surface area contributed by atoms with E-state index in [0.717, 1.165) is 72.5 Å². The fourth-order valence-electron chi connectivity index (χ4n) is 4.14. The Morgan fingerprint density at radius 3 is 2.63 bits per heavy atom. The van der Waals surface area contributed by atoms with Crippen molar-refractivity contribution in [2.24, 2.45) is 0 Å². The summed E-state index contributed by atoms with van der Waals surface area (Å²) in [6.45, 7) is 3.80. The lowest BCUT2D eigenvalue weighted by Gasteiger charge is -2.25. The molecule has 0 spiro atoms. The van der Waals surface area contributed by atoms with Crippen molar-refractivity contribution in [1.29, 1.82) is 0 Å². The van der Waals surface area contributed by atoms with Crippen LogP contribution in [0.25, 0.3) is 0 Å². The molecule has 2 aromatic rings. The van der Waals surface area contributed by atoms with Crippen molar-refractivity contribution in [3.63, 3.8) is 0 Å². The summed E-state index contributed by atoms with van der Waals surface area (Å²) in [6.07, 6.45) is 3.04. The van der Waals surface area contributed by atoms with E-state index in [9.17, 15) is 0 Å². The fraction of sp³-hybridized carbons (Fsp3) is 0.545. The topological polar surface area (TPSA) is 80.8 Å². The van der Waals surface area contributed by atoms with E-state index in [1.165, 1.54) is 0 Å². The van der Waals surface area contributed by atoms with Gasteiger partial charge in [-0.25, -0.2) is 9.97 Å². The second-order valence-corrected chi connectivity index (χ2v) is 7.67. The van der Waals surface area contributed by atoms with Gasteiger partial charge in [0.15, 0.2) is 11.5 Å². The lowest BCUT2D eigenvalue weighted by molar-refractivity contribution is 0.235. The molecule has 0 unspecified atom stereocenters. The number of hydrogen-bond acceptors (Lipinski definition) is 8. The van der Waals surface area contributed by atoms with Gasteiger partial charge in [-0.1, -0.05) is 0 Å². The monoisotopic (exact) mass is 413 g/mol. The molecule has 0 saturated carbocycles. The van der Waals surface area contributed by atoms with Gasteiger partial charge in [0, 0.05) is 44.3 Å².